The Bertz CT molecular complexity index is 1150. The molecule has 0 radical (unpaired) electrons. The number of carbonyl (C=O) groups is 2. The molecule has 0 saturated carbocycles. The molecule has 11 nitrogen and oxygen atoms in total. The standard InChI is InChI=1S/C24H36N6O5S/c1-18(2)15-21-24(32)26-10-13-29-12-9-25-23(29)19-7-5-8-20(16-19)35-14-6-11-30(17-22(31)27-21)36(33,34)28(3)4/h5,7-9,12,16,18,21H,6,10-11,13-15,17H2,1-4H3,(H,26,32)(H,27,31)/t21-/m1/s1. The first-order valence-electron chi connectivity index (χ1n) is 12.1. The number of nitrogens with one attached hydrogen (secondary N) is 2. The highest BCUT2D eigenvalue weighted by Crippen LogP contribution is 2.23. The molecular formula is C24H36N6O5S. The van der Waals surface area contributed by atoms with Gasteiger partial charge in [0.05, 0.1) is 13.2 Å². The Morgan fingerprint density at radius 2 is 2.00 bits per heavy atom. The van der Waals surface area contributed by atoms with Crippen LogP contribution in [0.15, 0.2) is 36.7 Å². The molecule has 0 saturated heterocycles. The van der Waals surface area contributed by atoms with Crippen LogP contribution in [0, 0.1) is 5.92 Å². The Morgan fingerprint density at radius 1 is 1.22 bits per heavy atom. The number of imidazole rings is 1. The van der Waals surface area contributed by atoms with Crippen molar-refractivity contribution in [2.24, 2.45) is 5.92 Å². The van der Waals surface area contributed by atoms with E-state index in [2.05, 4.69) is 15.6 Å². The van der Waals surface area contributed by atoms with Gasteiger partial charge < -0.3 is 19.9 Å². The predicted molar refractivity (Wildman–Crippen MR) is 136 cm³/mol. The maximum Gasteiger partial charge on any atom is 0.281 e. The molecule has 2 N–H and O–H groups in total. The summed E-state index contributed by atoms with van der Waals surface area (Å²) >= 11 is 0. The Kier molecular flexibility index (Phi) is 9.46. The maximum atomic E-state index is 13.0. The number of hydrogen-bond donors (Lipinski definition) is 2. The monoisotopic (exact) mass is 520 g/mol. The van der Waals surface area contributed by atoms with E-state index in [1.165, 1.54) is 14.1 Å². The van der Waals surface area contributed by atoms with Gasteiger partial charge in [0.1, 0.15) is 17.6 Å². The van der Waals surface area contributed by atoms with Crippen molar-refractivity contribution in [1.82, 2.24) is 28.8 Å². The number of nitrogens with zero attached hydrogens (tertiary/aromatic N) is 4. The van der Waals surface area contributed by atoms with Gasteiger partial charge in [0.15, 0.2) is 0 Å². The van der Waals surface area contributed by atoms with Crippen LogP contribution in [-0.2, 0) is 26.3 Å². The summed E-state index contributed by atoms with van der Waals surface area (Å²) in [4.78, 5) is 30.3. The molecule has 2 bridgehead atoms. The Morgan fingerprint density at radius 3 is 2.72 bits per heavy atom. The molecule has 198 valence electrons. The number of aromatic nitrogens is 2. The second-order valence-corrected chi connectivity index (χ2v) is 11.5. The number of rotatable bonds is 4. The highest BCUT2D eigenvalue weighted by molar-refractivity contribution is 7.86. The van der Waals surface area contributed by atoms with E-state index in [9.17, 15) is 18.0 Å². The van der Waals surface area contributed by atoms with Crippen molar-refractivity contribution in [3.63, 3.8) is 0 Å². The summed E-state index contributed by atoms with van der Waals surface area (Å²) in [6.45, 7) is 4.69. The number of hydrogen-bond acceptors (Lipinski definition) is 6. The molecule has 1 aromatic carbocycles. The summed E-state index contributed by atoms with van der Waals surface area (Å²) in [7, 11) is -1.03. The molecule has 2 aromatic rings. The largest absolute Gasteiger partial charge is 0.494 e. The fraction of sp³-hybridized carbons (Fsp3) is 0.542. The van der Waals surface area contributed by atoms with E-state index in [0.717, 1.165) is 20.0 Å². The molecule has 0 aliphatic carbocycles. The first kappa shape index (κ1) is 27.6. The van der Waals surface area contributed by atoms with Gasteiger partial charge in [0.25, 0.3) is 10.2 Å². The van der Waals surface area contributed by atoms with Crippen molar-refractivity contribution < 1.29 is 22.7 Å². The first-order valence-corrected chi connectivity index (χ1v) is 13.5. The average Bonchev–Trinajstić information content (AvgIpc) is 3.28. The van der Waals surface area contributed by atoms with E-state index in [0.29, 0.717) is 31.7 Å². The van der Waals surface area contributed by atoms with E-state index >= 15 is 0 Å². The molecule has 1 aliphatic rings. The number of fused-ring (bicyclic) bond motifs is 4. The van der Waals surface area contributed by atoms with Gasteiger partial charge in [-0.05, 0) is 30.9 Å². The Balaban J connectivity index is 1.88. The minimum atomic E-state index is -3.86. The van der Waals surface area contributed by atoms with Crippen LogP contribution in [0.4, 0.5) is 0 Å². The van der Waals surface area contributed by atoms with Gasteiger partial charge in [-0.25, -0.2) is 4.98 Å². The molecule has 1 aromatic heterocycles. The van der Waals surface area contributed by atoms with Crippen LogP contribution < -0.4 is 15.4 Å². The quantitative estimate of drug-likeness (QED) is 0.622. The lowest BCUT2D eigenvalue weighted by Crippen LogP contribution is -2.52. The SMILES string of the molecule is CC(C)C[C@H]1NC(=O)CN(S(=O)(=O)N(C)C)CCCOc2cccc(c2)-c2nccn2CCNC1=O. The van der Waals surface area contributed by atoms with Gasteiger partial charge in [-0.3, -0.25) is 9.59 Å². The van der Waals surface area contributed by atoms with Gasteiger partial charge in [0, 0.05) is 51.7 Å². The molecule has 1 aliphatic heterocycles. The molecule has 0 fully saturated rings. The van der Waals surface area contributed by atoms with Gasteiger partial charge >= 0.3 is 0 Å². The fourth-order valence-corrected chi connectivity index (χ4v) is 5.04. The Labute approximate surface area is 213 Å². The van der Waals surface area contributed by atoms with Gasteiger partial charge in [-0.15, -0.1) is 0 Å². The van der Waals surface area contributed by atoms with Crippen molar-refractivity contribution in [3.05, 3.63) is 36.7 Å². The van der Waals surface area contributed by atoms with E-state index in [1.54, 1.807) is 6.20 Å². The van der Waals surface area contributed by atoms with Crippen molar-refractivity contribution in [2.45, 2.75) is 39.3 Å². The minimum Gasteiger partial charge on any atom is -0.494 e. The third kappa shape index (κ3) is 7.28. The fourth-order valence-electron chi connectivity index (χ4n) is 3.94. The lowest BCUT2D eigenvalue weighted by molar-refractivity contribution is -0.129. The zero-order valence-electron chi connectivity index (χ0n) is 21.3. The molecule has 2 amide bonds. The van der Waals surface area contributed by atoms with Crippen molar-refractivity contribution in [2.75, 3.05) is 40.3 Å². The average molecular weight is 521 g/mol. The molecule has 36 heavy (non-hydrogen) atoms. The smallest absolute Gasteiger partial charge is 0.281 e. The second kappa shape index (κ2) is 12.3. The van der Waals surface area contributed by atoms with Crippen molar-refractivity contribution in [1.29, 1.82) is 0 Å². The normalized spacial score (nSPS) is 19.1. The van der Waals surface area contributed by atoms with Crippen molar-refractivity contribution in [3.8, 4) is 17.1 Å². The van der Waals surface area contributed by atoms with Gasteiger partial charge in [-0.2, -0.15) is 17.0 Å². The number of benzene rings is 1. The van der Waals surface area contributed by atoms with Crippen LogP contribution in [0.5, 0.6) is 5.75 Å². The number of ether oxygens (including phenoxy) is 1. The molecule has 0 spiro atoms. The summed E-state index contributed by atoms with van der Waals surface area (Å²) in [5.74, 6) is 0.675. The van der Waals surface area contributed by atoms with Crippen LogP contribution in [-0.4, -0.2) is 84.8 Å². The highest BCUT2D eigenvalue weighted by atomic mass is 32.2. The molecule has 2 heterocycles. The molecule has 0 unspecified atom stereocenters. The summed E-state index contributed by atoms with van der Waals surface area (Å²) in [6.07, 6.45) is 4.35. The number of carbonyl (C=O) groups excluding carboxylic acids is 2. The van der Waals surface area contributed by atoms with Crippen LogP contribution in [0.25, 0.3) is 11.4 Å². The van der Waals surface area contributed by atoms with Crippen molar-refractivity contribution >= 4 is 22.0 Å². The summed E-state index contributed by atoms with van der Waals surface area (Å²) in [5, 5.41) is 5.63. The molecule has 3 rings (SSSR count). The molecule has 12 heteroatoms. The lowest BCUT2D eigenvalue weighted by Gasteiger charge is -2.26. The highest BCUT2D eigenvalue weighted by Gasteiger charge is 2.29. The van der Waals surface area contributed by atoms with Crippen LogP contribution in [0.1, 0.15) is 26.7 Å². The van der Waals surface area contributed by atoms with E-state index in [1.807, 2.05) is 48.9 Å². The lowest BCUT2D eigenvalue weighted by atomic mass is 10.0. The summed E-state index contributed by atoms with van der Waals surface area (Å²) in [5.41, 5.74) is 0.867. The predicted octanol–water partition coefficient (Wildman–Crippen LogP) is 1.09. The van der Waals surface area contributed by atoms with E-state index < -0.39 is 28.7 Å². The third-order valence-electron chi connectivity index (χ3n) is 5.75. The van der Waals surface area contributed by atoms with Gasteiger partial charge in [0.2, 0.25) is 11.8 Å². The zero-order valence-corrected chi connectivity index (χ0v) is 22.1. The van der Waals surface area contributed by atoms with Crippen LogP contribution >= 0.6 is 0 Å². The third-order valence-corrected chi connectivity index (χ3v) is 7.63. The van der Waals surface area contributed by atoms with E-state index in [4.69, 9.17) is 4.74 Å². The first-order chi connectivity index (χ1) is 17.1. The molecule has 1 atom stereocenters. The Hall–Kier alpha value is -2.96. The maximum absolute atomic E-state index is 13.0. The number of amides is 2. The van der Waals surface area contributed by atoms with Crippen LogP contribution in [0.3, 0.4) is 0 Å². The van der Waals surface area contributed by atoms with Gasteiger partial charge in [-0.1, -0.05) is 26.0 Å². The minimum absolute atomic E-state index is 0.0824. The second-order valence-electron chi connectivity index (χ2n) is 9.34. The zero-order chi connectivity index (χ0) is 26.3. The van der Waals surface area contributed by atoms with E-state index in [-0.39, 0.29) is 25.0 Å². The summed E-state index contributed by atoms with van der Waals surface area (Å²) in [6, 6.07) is 6.73. The molecular weight excluding hydrogens is 484 g/mol. The van der Waals surface area contributed by atoms with Crippen LogP contribution in [0.2, 0.25) is 0 Å². The topological polar surface area (TPSA) is 126 Å². The summed E-state index contributed by atoms with van der Waals surface area (Å²) < 4.78 is 35.7.